The molecule has 1 heterocycles. The van der Waals surface area contributed by atoms with E-state index in [1.165, 1.54) is 0 Å². The zero-order valence-corrected chi connectivity index (χ0v) is 7.33. The Morgan fingerprint density at radius 1 is 1.46 bits per heavy atom. The largest absolute Gasteiger partial charge is 0.508 e. The highest BCUT2D eigenvalue weighted by atomic mass is 16.3. The summed E-state index contributed by atoms with van der Waals surface area (Å²) in [7, 11) is 0. The Bertz CT molecular complexity index is 312. The number of fused-ring (bicyclic) bond motifs is 1. The quantitative estimate of drug-likeness (QED) is 0.591. The van der Waals surface area contributed by atoms with E-state index in [1.54, 1.807) is 6.07 Å². The van der Waals surface area contributed by atoms with Gasteiger partial charge in [-0.05, 0) is 24.6 Å². The van der Waals surface area contributed by atoms with Crippen LogP contribution in [0.1, 0.15) is 17.2 Å². The molecule has 0 aromatic heterocycles. The van der Waals surface area contributed by atoms with Crippen LogP contribution >= 0.6 is 0 Å². The standard InChI is InChI=1S/C10H13NO2/c12-6-8-10-7(4-5-11-8)2-1-3-9(10)13/h1-3,8,11-13H,4-6H2. The number of phenolic OH excluding ortho intramolecular Hbond substituents is 1. The van der Waals surface area contributed by atoms with Gasteiger partial charge in [0.25, 0.3) is 0 Å². The number of nitrogens with one attached hydrogen (secondary N) is 1. The molecule has 0 amide bonds. The molecule has 0 saturated carbocycles. The summed E-state index contributed by atoms with van der Waals surface area (Å²) in [4.78, 5) is 0. The van der Waals surface area contributed by atoms with Gasteiger partial charge in [0.15, 0.2) is 0 Å². The third-order valence-electron chi connectivity index (χ3n) is 2.49. The van der Waals surface area contributed by atoms with E-state index in [0.717, 1.165) is 24.1 Å². The van der Waals surface area contributed by atoms with Crippen LogP contribution in [0.5, 0.6) is 5.75 Å². The van der Waals surface area contributed by atoms with Crippen molar-refractivity contribution in [2.24, 2.45) is 0 Å². The summed E-state index contributed by atoms with van der Waals surface area (Å²) in [6, 6.07) is 5.39. The number of benzene rings is 1. The van der Waals surface area contributed by atoms with Gasteiger partial charge < -0.3 is 15.5 Å². The summed E-state index contributed by atoms with van der Waals surface area (Å²) in [5.41, 5.74) is 1.99. The number of hydrogen-bond acceptors (Lipinski definition) is 3. The topological polar surface area (TPSA) is 52.5 Å². The molecule has 0 aliphatic carbocycles. The van der Waals surface area contributed by atoms with Crippen LogP contribution in [0.15, 0.2) is 18.2 Å². The second-order valence-electron chi connectivity index (χ2n) is 3.29. The minimum atomic E-state index is -0.107. The molecular formula is C10H13NO2. The lowest BCUT2D eigenvalue weighted by molar-refractivity contribution is 0.237. The van der Waals surface area contributed by atoms with Gasteiger partial charge in [-0.15, -0.1) is 0 Å². The highest BCUT2D eigenvalue weighted by molar-refractivity contribution is 5.43. The maximum Gasteiger partial charge on any atom is 0.120 e. The normalized spacial score (nSPS) is 21.2. The summed E-state index contributed by atoms with van der Waals surface area (Å²) in [5.74, 6) is 0.281. The first-order valence-electron chi connectivity index (χ1n) is 4.48. The van der Waals surface area contributed by atoms with Crippen LogP contribution in [-0.4, -0.2) is 23.4 Å². The fourth-order valence-electron chi connectivity index (χ4n) is 1.86. The van der Waals surface area contributed by atoms with Crippen LogP contribution in [0.2, 0.25) is 0 Å². The molecular weight excluding hydrogens is 166 g/mol. The summed E-state index contributed by atoms with van der Waals surface area (Å²) < 4.78 is 0. The molecule has 0 bridgehead atoms. The molecule has 0 saturated heterocycles. The molecule has 1 aromatic carbocycles. The van der Waals surface area contributed by atoms with E-state index < -0.39 is 0 Å². The van der Waals surface area contributed by atoms with E-state index in [1.807, 2.05) is 12.1 Å². The van der Waals surface area contributed by atoms with Crippen LogP contribution < -0.4 is 5.32 Å². The fraction of sp³-hybridized carbons (Fsp3) is 0.400. The van der Waals surface area contributed by atoms with Gasteiger partial charge in [-0.1, -0.05) is 12.1 Å². The minimum absolute atomic E-state index is 0.0323. The molecule has 70 valence electrons. The average molecular weight is 179 g/mol. The van der Waals surface area contributed by atoms with Crippen LogP contribution in [0, 0.1) is 0 Å². The summed E-state index contributed by atoms with van der Waals surface area (Å²) in [5, 5.41) is 21.9. The molecule has 1 atom stereocenters. The van der Waals surface area contributed by atoms with Gasteiger partial charge in [0.2, 0.25) is 0 Å². The Kier molecular flexibility index (Phi) is 2.20. The van der Waals surface area contributed by atoms with Crippen molar-refractivity contribution in [1.29, 1.82) is 0 Å². The SMILES string of the molecule is OCC1NCCc2cccc(O)c21. The van der Waals surface area contributed by atoms with Gasteiger partial charge in [0, 0.05) is 5.56 Å². The Labute approximate surface area is 77.0 Å². The average Bonchev–Trinajstić information content (AvgIpc) is 2.17. The Hall–Kier alpha value is -1.06. The maximum atomic E-state index is 9.61. The first kappa shape index (κ1) is 8.53. The molecule has 0 fully saturated rings. The van der Waals surface area contributed by atoms with Crippen molar-refractivity contribution in [3.63, 3.8) is 0 Å². The molecule has 1 aliphatic heterocycles. The molecule has 1 aliphatic rings. The molecule has 13 heavy (non-hydrogen) atoms. The highest BCUT2D eigenvalue weighted by Gasteiger charge is 2.21. The molecule has 2 rings (SSSR count). The molecule has 0 spiro atoms. The third kappa shape index (κ3) is 1.41. The molecule has 3 nitrogen and oxygen atoms in total. The molecule has 1 unspecified atom stereocenters. The zero-order valence-electron chi connectivity index (χ0n) is 7.33. The Morgan fingerprint density at radius 2 is 2.31 bits per heavy atom. The van der Waals surface area contributed by atoms with E-state index in [0.29, 0.717) is 0 Å². The van der Waals surface area contributed by atoms with Crippen LogP contribution in [-0.2, 0) is 6.42 Å². The van der Waals surface area contributed by atoms with Crippen LogP contribution in [0.25, 0.3) is 0 Å². The van der Waals surface area contributed by atoms with Crippen molar-refractivity contribution in [1.82, 2.24) is 5.32 Å². The number of rotatable bonds is 1. The van der Waals surface area contributed by atoms with Crippen molar-refractivity contribution in [3.8, 4) is 5.75 Å². The molecule has 1 aromatic rings. The van der Waals surface area contributed by atoms with E-state index in [-0.39, 0.29) is 18.4 Å². The number of hydrogen-bond donors (Lipinski definition) is 3. The first-order valence-corrected chi connectivity index (χ1v) is 4.48. The van der Waals surface area contributed by atoms with E-state index in [9.17, 15) is 5.11 Å². The van der Waals surface area contributed by atoms with Crippen LogP contribution in [0.3, 0.4) is 0 Å². The Morgan fingerprint density at radius 3 is 3.08 bits per heavy atom. The predicted molar refractivity (Wildman–Crippen MR) is 49.6 cm³/mol. The van der Waals surface area contributed by atoms with Crippen molar-refractivity contribution < 1.29 is 10.2 Å². The van der Waals surface area contributed by atoms with Crippen molar-refractivity contribution in [2.45, 2.75) is 12.5 Å². The lowest BCUT2D eigenvalue weighted by atomic mass is 9.94. The zero-order chi connectivity index (χ0) is 9.26. The summed E-state index contributed by atoms with van der Waals surface area (Å²) >= 11 is 0. The van der Waals surface area contributed by atoms with E-state index >= 15 is 0 Å². The van der Waals surface area contributed by atoms with Gasteiger partial charge in [-0.3, -0.25) is 0 Å². The number of aliphatic hydroxyl groups is 1. The molecule has 0 radical (unpaired) electrons. The van der Waals surface area contributed by atoms with Gasteiger partial charge in [0.1, 0.15) is 5.75 Å². The molecule has 3 heteroatoms. The lowest BCUT2D eigenvalue weighted by Gasteiger charge is -2.25. The monoisotopic (exact) mass is 179 g/mol. The fourth-order valence-corrected chi connectivity index (χ4v) is 1.86. The number of phenols is 1. The number of aliphatic hydroxyl groups excluding tert-OH is 1. The van der Waals surface area contributed by atoms with Gasteiger partial charge in [0.05, 0.1) is 12.6 Å². The summed E-state index contributed by atoms with van der Waals surface area (Å²) in [6.07, 6.45) is 0.917. The third-order valence-corrected chi connectivity index (χ3v) is 2.49. The second-order valence-corrected chi connectivity index (χ2v) is 3.29. The van der Waals surface area contributed by atoms with Crippen molar-refractivity contribution in [3.05, 3.63) is 29.3 Å². The minimum Gasteiger partial charge on any atom is -0.508 e. The highest BCUT2D eigenvalue weighted by Crippen LogP contribution is 2.30. The first-order chi connectivity index (χ1) is 6.33. The lowest BCUT2D eigenvalue weighted by Crippen LogP contribution is -2.32. The van der Waals surface area contributed by atoms with Gasteiger partial charge in [-0.2, -0.15) is 0 Å². The summed E-state index contributed by atoms with van der Waals surface area (Å²) in [6.45, 7) is 0.895. The molecule has 3 N–H and O–H groups in total. The van der Waals surface area contributed by atoms with E-state index in [4.69, 9.17) is 5.11 Å². The van der Waals surface area contributed by atoms with Crippen LogP contribution in [0.4, 0.5) is 0 Å². The van der Waals surface area contributed by atoms with Crippen molar-refractivity contribution >= 4 is 0 Å². The second kappa shape index (κ2) is 3.36. The van der Waals surface area contributed by atoms with Crippen molar-refractivity contribution in [2.75, 3.05) is 13.2 Å². The van der Waals surface area contributed by atoms with Gasteiger partial charge >= 0.3 is 0 Å². The van der Waals surface area contributed by atoms with E-state index in [2.05, 4.69) is 5.32 Å². The van der Waals surface area contributed by atoms with Gasteiger partial charge in [-0.25, -0.2) is 0 Å². The Balaban J connectivity index is 2.47. The predicted octanol–water partition coefficient (Wildman–Crippen LogP) is 0.571. The maximum absolute atomic E-state index is 9.61. The number of aromatic hydroxyl groups is 1. The smallest absolute Gasteiger partial charge is 0.120 e.